The first-order chi connectivity index (χ1) is 21.1. The molecule has 44 heavy (non-hydrogen) atoms. The minimum Gasteiger partial charge on any atom is -0.444 e. The Kier molecular flexibility index (Phi) is 9.89. The number of likely N-dealkylation sites (tertiary alicyclic amines) is 1. The van der Waals surface area contributed by atoms with Gasteiger partial charge < -0.3 is 24.3 Å². The SMILES string of the molecule is COCCCn1c([C@@H]2CCCN(C(=O)C[C@@H](Cc3ccc4ccccc4c3)NC(=O)OC(C)(C)C)C2)nc2cc(C)ccc21. The average molecular weight is 599 g/mol. The number of rotatable bonds is 10. The molecule has 0 aliphatic carbocycles. The summed E-state index contributed by atoms with van der Waals surface area (Å²) < 4.78 is 13.2. The maximum Gasteiger partial charge on any atom is 0.407 e. The van der Waals surface area contributed by atoms with Crippen molar-refractivity contribution in [1.29, 1.82) is 0 Å². The first kappa shape index (κ1) is 31.5. The lowest BCUT2D eigenvalue weighted by atomic mass is 9.95. The second-order valence-electron chi connectivity index (χ2n) is 13.1. The van der Waals surface area contributed by atoms with E-state index in [4.69, 9.17) is 14.5 Å². The van der Waals surface area contributed by atoms with Crippen LogP contribution in [-0.4, -0.2) is 64.9 Å². The van der Waals surface area contributed by atoms with Gasteiger partial charge in [0, 0.05) is 51.7 Å². The van der Waals surface area contributed by atoms with Gasteiger partial charge in [-0.1, -0.05) is 48.5 Å². The molecule has 234 valence electrons. The predicted molar refractivity (Wildman–Crippen MR) is 175 cm³/mol. The number of nitrogens with one attached hydrogen (secondary N) is 1. The number of amides is 2. The highest BCUT2D eigenvalue weighted by molar-refractivity contribution is 5.83. The summed E-state index contributed by atoms with van der Waals surface area (Å²) in [6.45, 7) is 10.4. The topological polar surface area (TPSA) is 85.7 Å². The number of hydrogen-bond acceptors (Lipinski definition) is 5. The number of carbonyl (C=O) groups is 2. The summed E-state index contributed by atoms with van der Waals surface area (Å²) in [7, 11) is 1.73. The molecule has 1 aliphatic heterocycles. The third kappa shape index (κ3) is 7.97. The Balaban J connectivity index is 1.34. The van der Waals surface area contributed by atoms with Crippen molar-refractivity contribution in [2.75, 3.05) is 26.8 Å². The van der Waals surface area contributed by atoms with Gasteiger partial charge in [-0.15, -0.1) is 0 Å². The smallest absolute Gasteiger partial charge is 0.407 e. The quantitative estimate of drug-likeness (QED) is 0.204. The molecule has 0 radical (unpaired) electrons. The Morgan fingerprint density at radius 2 is 1.86 bits per heavy atom. The summed E-state index contributed by atoms with van der Waals surface area (Å²) in [5, 5.41) is 5.30. The average Bonchev–Trinajstić information content (AvgIpc) is 3.33. The number of methoxy groups -OCH3 is 1. The summed E-state index contributed by atoms with van der Waals surface area (Å²) >= 11 is 0. The standard InChI is InChI=1S/C36H46N4O4/c1-25-13-16-32-31(20-25)38-34(40(32)18-9-19-43-5)29-12-8-17-39(24-29)33(41)23-30(37-35(42)44-36(2,3)4)22-26-14-15-27-10-6-7-11-28(27)21-26/h6-7,10-11,13-16,20-21,29-30H,8-9,12,17-19,22-24H2,1-5H3,(H,37,42)/t29-,30-/m1/s1. The lowest BCUT2D eigenvalue weighted by Gasteiger charge is -2.34. The number of nitrogens with zero attached hydrogens (tertiary/aromatic N) is 3. The van der Waals surface area contributed by atoms with Crippen LogP contribution in [-0.2, 0) is 27.2 Å². The number of benzene rings is 3. The Morgan fingerprint density at radius 3 is 2.64 bits per heavy atom. The Labute approximate surface area is 260 Å². The van der Waals surface area contributed by atoms with Crippen LogP contribution in [0.2, 0.25) is 0 Å². The number of imidazole rings is 1. The monoisotopic (exact) mass is 598 g/mol. The fourth-order valence-corrected chi connectivity index (χ4v) is 6.23. The van der Waals surface area contributed by atoms with Crippen molar-refractivity contribution < 1.29 is 19.1 Å². The van der Waals surface area contributed by atoms with E-state index < -0.39 is 17.7 Å². The van der Waals surface area contributed by atoms with Gasteiger partial charge in [0.1, 0.15) is 11.4 Å². The molecule has 1 fully saturated rings. The summed E-state index contributed by atoms with van der Waals surface area (Å²) in [4.78, 5) is 33.8. The van der Waals surface area contributed by atoms with Crippen molar-refractivity contribution in [3.05, 3.63) is 77.6 Å². The molecule has 5 rings (SSSR count). The van der Waals surface area contributed by atoms with Crippen LogP contribution in [0.4, 0.5) is 4.79 Å². The minimum absolute atomic E-state index is 0.0365. The molecule has 2 heterocycles. The summed E-state index contributed by atoms with van der Waals surface area (Å²) in [5.41, 5.74) is 3.74. The molecule has 1 saturated heterocycles. The molecule has 1 aliphatic rings. The molecular formula is C36H46N4O4. The van der Waals surface area contributed by atoms with Gasteiger partial charge in [-0.3, -0.25) is 4.79 Å². The van der Waals surface area contributed by atoms with E-state index in [1.165, 1.54) is 5.56 Å². The molecule has 3 aromatic carbocycles. The highest BCUT2D eigenvalue weighted by atomic mass is 16.6. The van der Waals surface area contributed by atoms with Gasteiger partial charge in [-0.25, -0.2) is 9.78 Å². The molecule has 8 nitrogen and oxygen atoms in total. The molecule has 0 saturated carbocycles. The number of carbonyl (C=O) groups excluding carboxylic acids is 2. The van der Waals surface area contributed by atoms with E-state index in [0.29, 0.717) is 26.1 Å². The van der Waals surface area contributed by atoms with Gasteiger partial charge in [0.15, 0.2) is 0 Å². The molecule has 0 unspecified atom stereocenters. The first-order valence-corrected chi connectivity index (χ1v) is 15.8. The molecule has 1 N–H and O–H groups in total. The van der Waals surface area contributed by atoms with Crippen molar-refractivity contribution >= 4 is 33.8 Å². The van der Waals surface area contributed by atoms with Crippen LogP contribution in [0.3, 0.4) is 0 Å². The van der Waals surface area contributed by atoms with Crippen molar-refractivity contribution in [3.63, 3.8) is 0 Å². The third-order valence-electron chi connectivity index (χ3n) is 8.24. The highest BCUT2D eigenvalue weighted by Gasteiger charge is 2.30. The lowest BCUT2D eigenvalue weighted by molar-refractivity contribution is -0.132. The Morgan fingerprint density at radius 1 is 1.07 bits per heavy atom. The van der Waals surface area contributed by atoms with E-state index in [9.17, 15) is 9.59 Å². The molecule has 4 aromatic rings. The molecule has 8 heteroatoms. The van der Waals surface area contributed by atoms with Gasteiger partial charge in [-0.05, 0) is 87.4 Å². The number of ether oxygens (including phenoxy) is 2. The predicted octanol–water partition coefficient (Wildman–Crippen LogP) is 6.77. The largest absolute Gasteiger partial charge is 0.444 e. The number of aromatic nitrogens is 2. The van der Waals surface area contributed by atoms with Crippen LogP contribution in [0.5, 0.6) is 0 Å². The number of aryl methyl sites for hydroxylation is 2. The Bertz CT molecular complexity index is 1610. The lowest BCUT2D eigenvalue weighted by Crippen LogP contribution is -2.46. The van der Waals surface area contributed by atoms with Crippen molar-refractivity contribution in [2.24, 2.45) is 0 Å². The molecule has 1 aromatic heterocycles. The molecule has 2 atom stereocenters. The first-order valence-electron chi connectivity index (χ1n) is 15.8. The van der Waals surface area contributed by atoms with E-state index in [1.807, 2.05) is 37.8 Å². The number of alkyl carbamates (subject to hydrolysis) is 1. The second kappa shape index (κ2) is 13.8. The van der Waals surface area contributed by atoms with Gasteiger partial charge in [0.25, 0.3) is 0 Å². The molecule has 0 bridgehead atoms. The second-order valence-corrected chi connectivity index (χ2v) is 13.1. The molecule has 2 amide bonds. The molecule has 0 spiro atoms. The Hall–Kier alpha value is -3.91. The van der Waals surface area contributed by atoms with Crippen LogP contribution >= 0.6 is 0 Å². The molecular weight excluding hydrogens is 552 g/mol. The summed E-state index contributed by atoms with van der Waals surface area (Å²) in [6.07, 6.45) is 3.00. The van der Waals surface area contributed by atoms with Gasteiger partial charge >= 0.3 is 6.09 Å². The maximum atomic E-state index is 13.9. The fraction of sp³-hybridized carbons (Fsp3) is 0.472. The zero-order valence-corrected chi connectivity index (χ0v) is 26.8. The van der Waals surface area contributed by atoms with Crippen molar-refractivity contribution in [1.82, 2.24) is 19.8 Å². The highest BCUT2D eigenvalue weighted by Crippen LogP contribution is 2.31. The zero-order valence-electron chi connectivity index (χ0n) is 26.8. The fourth-order valence-electron chi connectivity index (χ4n) is 6.23. The van der Waals surface area contributed by atoms with E-state index in [1.54, 1.807) is 7.11 Å². The van der Waals surface area contributed by atoms with Gasteiger partial charge in [-0.2, -0.15) is 0 Å². The van der Waals surface area contributed by atoms with Gasteiger partial charge in [0.2, 0.25) is 5.91 Å². The number of fused-ring (bicyclic) bond motifs is 2. The van der Waals surface area contributed by atoms with E-state index >= 15 is 0 Å². The van der Waals surface area contributed by atoms with Crippen LogP contribution in [0, 0.1) is 6.92 Å². The number of hydrogen-bond donors (Lipinski definition) is 1. The van der Waals surface area contributed by atoms with E-state index in [-0.39, 0.29) is 18.2 Å². The number of piperidine rings is 1. The maximum absolute atomic E-state index is 13.9. The third-order valence-corrected chi connectivity index (χ3v) is 8.24. The van der Waals surface area contributed by atoms with Crippen LogP contribution in [0.1, 0.15) is 69.3 Å². The van der Waals surface area contributed by atoms with E-state index in [2.05, 4.69) is 65.3 Å². The summed E-state index contributed by atoms with van der Waals surface area (Å²) in [6, 6.07) is 20.5. The van der Waals surface area contributed by atoms with Crippen molar-refractivity contribution in [3.8, 4) is 0 Å². The zero-order chi connectivity index (χ0) is 31.3. The van der Waals surface area contributed by atoms with Crippen molar-refractivity contribution in [2.45, 2.75) is 83.9 Å². The van der Waals surface area contributed by atoms with Gasteiger partial charge in [0.05, 0.1) is 11.0 Å². The van der Waals surface area contributed by atoms with Crippen LogP contribution < -0.4 is 5.32 Å². The van der Waals surface area contributed by atoms with Crippen LogP contribution in [0.15, 0.2) is 60.7 Å². The minimum atomic E-state index is -0.630. The van der Waals surface area contributed by atoms with Crippen LogP contribution in [0.25, 0.3) is 21.8 Å². The normalized spacial score (nSPS) is 16.3. The summed E-state index contributed by atoms with van der Waals surface area (Å²) in [5.74, 6) is 1.22. The van der Waals surface area contributed by atoms with E-state index in [0.717, 1.165) is 59.0 Å².